The molecule has 2 radical (unpaired) electrons. The van der Waals surface area contributed by atoms with E-state index in [0.29, 0.717) is 0 Å². The third-order valence-electron chi connectivity index (χ3n) is 8.72. The van der Waals surface area contributed by atoms with Crippen LogP contribution in [0.3, 0.4) is 0 Å². The predicted molar refractivity (Wildman–Crippen MR) is 246 cm³/mol. The van der Waals surface area contributed by atoms with Crippen molar-refractivity contribution in [2.75, 3.05) is 77.3 Å². The van der Waals surface area contributed by atoms with Gasteiger partial charge in [-0.2, -0.15) is 0 Å². The predicted octanol–water partition coefficient (Wildman–Crippen LogP) is 9.82. The van der Waals surface area contributed by atoms with E-state index in [1.807, 2.05) is 97.2 Å². The van der Waals surface area contributed by atoms with Gasteiger partial charge in [0.1, 0.15) is 37.8 Å². The number of aromatic nitrogens is 4. The lowest BCUT2D eigenvalue weighted by Gasteiger charge is -2.24. The minimum absolute atomic E-state index is 0.835. The van der Waals surface area contributed by atoms with E-state index in [0.717, 1.165) is 60.2 Å². The monoisotopic (exact) mass is 747 g/mol. The molecule has 306 valence electrons. The standard InChI is InChI=1S/2C11H15BN3.2C7H15N.4C2H6/c2*1-12-7-10-13-9-6-4-5-8(9)11(14-10)15(2)3;2*1-2-8-6-4-3-5-7-8;4*1-2/h4,6H,5,7H2,1-3H3;4-5H,6-7H2,1-3H3;2*2-7H2,1H3;4*1-2H3. The van der Waals surface area contributed by atoms with Crippen molar-refractivity contribution in [2.45, 2.75) is 147 Å². The van der Waals surface area contributed by atoms with E-state index in [1.165, 1.54) is 88.9 Å². The third-order valence-corrected chi connectivity index (χ3v) is 8.72. The van der Waals surface area contributed by atoms with Crippen molar-refractivity contribution in [1.29, 1.82) is 0 Å². The Balaban J connectivity index is 0. The van der Waals surface area contributed by atoms with Crippen molar-refractivity contribution in [3.63, 3.8) is 0 Å². The molecule has 0 spiro atoms. The quantitative estimate of drug-likeness (QED) is 0.248. The van der Waals surface area contributed by atoms with Crippen LogP contribution in [0.25, 0.3) is 12.2 Å². The number of piperidine rings is 2. The second-order valence-corrected chi connectivity index (χ2v) is 12.9. The number of hydrogen-bond donors (Lipinski definition) is 0. The maximum Gasteiger partial charge on any atom is 0.139 e. The number of anilines is 2. The fourth-order valence-corrected chi connectivity index (χ4v) is 6.13. The first-order valence-electron chi connectivity index (χ1n) is 21.8. The zero-order chi connectivity index (χ0) is 41.3. The van der Waals surface area contributed by atoms with E-state index in [9.17, 15) is 0 Å². The van der Waals surface area contributed by atoms with Gasteiger partial charge in [-0.25, -0.2) is 19.9 Å². The van der Waals surface area contributed by atoms with Gasteiger partial charge in [0.25, 0.3) is 0 Å². The molecule has 2 aliphatic carbocycles. The molecule has 8 nitrogen and oxygen atoms in total. The van der Waals surface area contributed by atoms with Gasteiger partial charge < -0.3 is 19.6 Å². The zero-order valence-corrected chi connectivity index (χ0v) is 38.4. The molecule has 2 aromatic rings. The van der Waals surface area contributed by atoms with Gasteiger partial charge in [0.2, 0.25) is 0 Å². The highest BCUT2D eigenvalue weighted by Crippen LogP contribution is 2.27. The van der Waals surface area contributed by atoms with Crippen LogP contribution < -0.4 is 9.80 Å². The van der Waals surface area contributed by atoms with Gasteiger partial charge in [-0.3, -0.25) is 0 Å². The first-order chi connectivity index (χ1) is 26.3. The third kappa shape index (κ3) is 20.3. The summed E-state index contributed by atoms with van der Waals surface area (Å²) >= 11 is 0. The summed E-state index contributed by atoms with van der Waals surface area (Å²) < 4.78 is 0. The average molecular weight is 747 g/mol. The molecule has 6 rings (SSSR count). The molecule has 2 saturated heterocycles. The minimum atomic E-state index is 0.835. The van der Waals surface area contributed by atoms with Crippen LogP contribution in [0, 0.1) is 0 Å². The largest absolute Gasteiger partial charge is 0.362 e. The van der Waals surface area contributed by atoms with Crippen molar-refractivity contribution in [2.24, 2.45) is 0 Å². The molecule has 0 amide bonds. The Kier molecular flexibility index (Phi) is 34.4. The van der Waals surface area contributed by atoms with Crippen LogP contribution in [-0.4, -0.2) is 112 Å². The molecule has 4 aliphatic rings. The van der Waals surface area contributed by atoms with E-state index < -0.39 is 0 Å². The van der Waals surface area contributed by atoms with Gasteiger partial charge in [-0.05, 0) is 90.1 Å². The fraction of sp³-hybridized carbons (Fsp3) is 0.727. The van der Waals surface area contributed by atoms with Crippen LogP contribution in [0.1, 0.15) is 142 Å². The van der Waals surface area contributed by atoms with Crippen LogP contribution in [0.15, 0.2) is 12.2 Å². The Morgan fingerprint density at radius 3 is 1.39 bits per heavy atom. The summed E-state index contributed by atoms with van der Waals surface area (Å²) in [6.07, 6.45) is 20.7. The number of allylic oxidation sites excluding steroid dienone is 2. The summed E-state index contributed by atoms with van der Waals surface area (Å²) in [7, 11) is 12.3. The summed E-state index contributed by atoms with van der Waals surface area (Å²) in [5.74, 6) is 3.92. The minimum Gasteiger partial charge on any atom is -0.362 e. The van der Waals surface area contributed by atoms with E-state index >= 15 is 0 Å². The Hall–Kier alpha value is -2.71. The molecule has 54 heavy (non-hydrogen) atoms. The Bertz CT molecular complexity index is 1220. The second-order valence-electron chi connectivity index (χ2n) is 12.9. The van der Waals surface area contributed by atoms with Crippen molar-refractivity contribution in [1.82, 2.24) is 29.7 Å². The lowest BCUT2D eigenvalue weighted by molar-refractivity contribution is 0.240. The molecule has 0 N–H and O–H groups in total. The summed E-state index contributed by atoms with van der Waals surface area (Å²) in [5.41, 5.74) is 4.68. The maximum atomic E-state index is 4.58. The number of nitrogens with zero attached hydrogens (tertiary/aromatic N) is 8. The molecular weight excluding hydrogens is 662 g/mol. The number of hydrogen-bond acceptors (Lipinski definition) is 8. The molecule has 0 atom stereocenters. The lowest BCUT2D eigenvalue weighted by atomic mass is 9.78. The Labute approximate surface area is 337 Å². The molecule has 0 saturated carbocycles. The van der Waals surface area contributed by atoms with Gasteiger partial charge in [-0.15, -0.1) is 0 Å². The molecule has 0 aromatic carbocycles. The van der Waals surface area contributed by atoms with Gasteiger partial charge in [-0.1, -0.05) is 114 Å². The normalized spacial score (nSPS) is 14.5. The maximum absolute atomic E-state index is 4.58. The van der Waals surface area contributed by atoms with Crippen LogP contribution in [0.2, 0.25) is 13.6 Å². The summed E-state index contributed by atoms with van der Waals surface area (Å²) in [5, 5.41) is 0. The molecule has 0 bridgehead atoms. The van der Waals surface area contributed by atoms with E-state index in [4.69, 9.17) is 0 Å². The topological polar surface area (TPSA) is 64.5 Å². The van der Waals surface area contributed by atoms with Gasteiger partial charge >= 0.3 is 0 Å². The Morgan fingerprint density at radius 1 is 0.556 bits per heavy atom. The number of likely N-dealkylation sites (tertiary alicyclic amines) is 2. The van der Waals surface area contributed by atoms with Gasteiger partial charge in [0, 0.05) is 45.7 Å². The van der Waals surface area contributed by atoms with Crippen LogP contribution in [0.4, 0.5) is 11.6 Å². The molecular formula is C44H84B2N8. The number of fused-ring (bicyclic) bond motifs is 2. The number of rotatable bonds is 8. The molecule has 2 fully saturated rings. The smallest absolute Gasteiger partial charge is 0.139 e. The van der Waals surface area contributed by atoms with E-state index in [1.54, 1.807) is 0 Å². The first kappa shape index (κ1) is 53.4. The molecule has 2 aliphatic heterocycles. The summed E-state index contributed by atoms with van der Waals surface area (Å²) in [6, 6.07) is 0. The van der Waals surface area contributed by atoms with E-state index in [2.05, 4.69) is 92.2 Å². The van der Waals surface area contributed by atoms with E-state index in [-0.39, 0.29) is 0 Å². The second kappa shape index (κ2) is 34.8. The van der Waals surface area contributed by atoms with Crippen molar-refractivity contribution in [3.05, 3.63) is 46.3 Å². The highest BCUT2D eigenvalue weighted by molar-refractivity contribution is 6.33. The van der Waals surface area contributed by atoms with Gasteiger partial charge in [0.15, 0.2) is 0 Å². The fourth-order valence-electron chi connectivity index (χ4n) is 6.13. The summed E-state index contributed by atoms with van der Waals surface area (Å²) in [6.45, 7) is 32.4. The first-order valence-corrected chi connectivity index (χ1v) is 21.8. The molecule has 0 unspecified atom stereocenters. The van der Waals surface area contributed by atoms with Crippen molar-refractivity contribution in [3.8, 4) is 0 Å². The van der Waals surface area contributed by atoms with Crippen molar-refractivity contribution >= 4 is 38.3 Å². The molecule has 4 heterocycles. The van der Waals surface area contributed by atoms with Crippen LogP contribution >= 0.6 is 0 Å². The van der Waals surface area contributed by atoms with Gasteiger partial charge in [0.05, 0.1) is 11.4 Å². The molecule has 10 heteroatoms. The van der Waals surface area contributed by atoms with Crippen molar-refractivity contribution < 1.29 is 0 Å². The SMILES string of the molecule is CC.CC.CC.CC.CCN1CCCCC1.CCN1CCCCC1.C[B]Cc1nc2c(c(N(C)C)n1)C=CC2.C[B]Cc1nc2c(c(N(C)C)n1)CC=C2. The zero-order valence-electron chi connectivity index (χ0n) is 38.4. The molecule has 2 aromatic heterocycles. The summed E-state index contributed by atoms with van der Waals surface area (Å²) in [4.78, 5) is 27.4. The lowest BCUT2D eigenvalue weighted by Crippen LogP contribution is -2.29. The average Bonchev–Trinajstić information content (AvgIpc) is 3.92. The Morgan fingerprint density at radius 2 is 0.981 bits per heavy atom. The van der Waals surface area contributed by atoms with Crippen LogP contribution in [0.5, 0.6) is 0 Å². The highest BCUT2D eigenvalue weighted by Gasteiger charge is 2.17. The highest BCUT2D eigenvalue weighted by atomic mass is 15.2. The van der Waals surface area contributed by atoms with Crippen LogP contribution in [-0.2, 0) is 25.5 Å².